The van der Waals surface area contributed by atoms with E-state index in [9.17, 15) is 0 Å². The fourth-order valence-corrected chi connectivity index (χ4v) is 4.52. The summed E-state index contributed by atoms with van der Waals surface area (Å²) in [6, 6.07) is 7.99. The van der Waals surface area contributed by atoms with Crippen molar-refractivity contribution in [1.29, 1.82) is 0 Å². The number of nitrogens with two attached hydrogens (primary N) is 1. The highest BCUT2D eigenvalue weighted by Gasteiger charge is 2.39. The van der Waals surface area contributed by atoms with Crippen molar-refractivity contribution in [1.82, 2.24) is 25.3 Å². The van der Waals surface area contributed by atoms with Gasteiger partial charge in [0.1, 0.15) is 5.82 Å². The van der Waals surface area contributed by atoms with Gasteiger partial charge in [-0.1, -0.05) is 12.1 Å². The number of aromatic nitrogens is 4. The molecule has 1 aliphatic carbocycles. The number of nitrogens with zero attached hydrogens (tertiary/aromatic N) is 5. The molecule has 1 saturated heterocycles. The van der Waals surface area contributed by atoms with Gasteiger partial charge in [-0.25, -0.2) is 9.97 Å². The van der Waals surface area contributed by atoms with Crippen LogP contribution in [0.2, 0.25) is 0 Å². The van der Waals surface area contributed by atoms with Crippen LogP contribution in [0.25, 0.3) is 11.0 Å². The maximum Gasteiger partial charge on any atom is 0.222 e. The molecule has 1 unspecified atom stereocenters. The topological polar surface area (TPSA) is 92.9 Å². The number of fused-ring (bicyclic) bond motifs is 2. The number of hydrogen-bond donors (Lipinski definition) is 2. The minimum Gasteiger partial charge on any atom is -0.368 e. The molecule has 1 aliphatic heterocycles. The summed E-state index contributed by atoms with van der Waals surface area (Å²) in [5, 5.41) is 3.40. The highest BCUT2D eigenvalue weighted by atomic mass is 15.3. The average Bonchev–Trinajstić information content (AvgIpc) is 2.74. The van der Waals surface area contributed by atoms with E-state index >= 15 is 0 Å². The molecule has 2 aromatic heterocycles. The zero-order valence-corrected chi connectivity index (χ0v) is 16.1. The largest absolute Gasteiger partial charge is 0.368 e. The summed E-state index contributed by atoms with van der Waals surface area (Å²) >= 11 is 0. The van der Waals surface area contributed by atoms with Gasteiger partial charge >= 0.3 is 0 Å². The van der Waals surface area contributed by atoms with Crippen LogP contribution in [0.5, 0.6) is 0 Å². The second-order valence-electron chi connectivity index (χ2n) is 7.90. The van der Waals surface area contributed by atoms with Gasteiger partial charge in [0.15, 0.2) is 0 Å². The van der Waals surface area contributed by atoms with Gasteiger partial charge in [-0.2, -0.15) is 4.98 Å². The van der Waals surface area contributed by atoms with E-state index in [-0.39, 0.29) is 5.41 Å². The van der Waals surface area contributed by atoms with Crippen LogP contribution in [-0.2, 0) is 11.8 Å². The number of anilines is 2. The number of rotatable bonds is 2. The van der Waals surface area contributed by atoms with Crippen LogP contribution in [0, 0.1) is 0 Å². The minimum atomic E-state index is -0.315. The summed E-state index contributed by atoms with van der Waals surface area (Å²) in [6.45, 7) is 6.03. The van der Waals surface area contributed by atoms with Crippen molar-refractivity contribution in [3.05, 3.63) is 47.4 Å². The summed E-state index contributed by atoms with van der Waals surface area (Å²) in [7, 11) is 0. The van der Waals surface area contributed by atoms with E-state index in [1.807, 2.05) is 30.5 Å². The second kappa shape index (κ2) is 6.67. The van der Waals surface area contributed by atoms with Gasteiger partial charge in [0.05, 0.1) is 34.0 Å². The lowest BCUT2D eigenvalue weighted by Crippen LogP contribution is -2.45. The molecule has 3 N–H and O–H groups in total. The molecule has 0 spiro atoms. The van der Waals surface area contributed by atoms with Crippen molar-refractivity contribution < 1.29 is 0 Å². The Hall–Kier alpha value is -2.80. The Morgan fingerprint density at radius 3 is 2.68 bits per heavy atom. The van der Waals surface area contributed by atoms with Crippen LogP contribution in [0.3, 0.4) is 0 Å². The minimum absolute atomic E-state index is 0.315. The lowest BCUT2D eigenvalue weighted by Gasteiger charge is -2.37. The van der Waals surface area contributed by atoms with E-state index in [4.69, 9.17) is 15.7 Å². The summed E-state index contributed by atoms with van der Waals surface area (Å²) in [6.07, 6.45) is 4.93. The van der Waals surface area contributed by atoms with Crippen molar-refractivity contribution in [2.45, 2.75) is 31.6 Å². The Morgan fingerprint density at radius 1 is 1.07 bits per heavy atom. The first-order valence-electron chi connectivity index (χ1n) is 10.00. The van der Waals surface area contributed by atoms with Gasteiger partial charge in [0.25, 0.3) is 0 Å². The highest BCUT2D eigenvalue weighted by molar-refractivity contribution is 5.74. The van der Waals surface area contributed by atoms with Crippen molar-refractivity contribution >= 4 is 22.8 Å². The van der Waals surface area contributed by atoms with Crippen LogP contribution in [0.4, 0.5) is 11.8 Å². The van der Waals surface area contributed by atoms with Crippen molar-refractivity contribution in [2.75, 3.05) is 36.8 Å². The maximum atomic E-state index is 6.18. The predicted octanol–water partition coefficient (Wildman–Crippen LogP) is 2.05. The van der Waals surface area contributed by atoms with E-state index < -0.39 is 0 Å². The number of nitrogens with one attached hydrogen (secondary N) is 1. The molecule has 0 amide bonds. The number of para-hydroxylation sites is 2. The predicted molar refractivity (Wildman–Crippen MR) is 110 cm³/mol. The quantitative estimate of drug-likeness (QED) is 0.708. The van der Waals surface area contributed by atoms with Gasteiger partial charge in [-0.05, 0) is 38.3 Å². The fourth-order valence-electron chi connectivity index (χ4n) is 4.52. The van der Waals surface area contributed by atoms with Crippen molar-refractivity contribution in [3.8, 4) is 0 Å². The fraction of sp³-hybridized carbons (Fsp3) is 0.429. The molecule has 1 fully saturated rings. The first kappa shape index (κ1) is 17.3. The van der Waals surface area contributed by atoms with Crippen LogP contribution in [0.15, 0.2) is 30.5 Å². The molecule has 1 atom stereocenters. The van der Waals surface area contributed by atoms with Crippen LogP contribution >= 0.6 is 0 Å². The second-order valence-corrected chi connectivity index (χ2v) is 7.90. The Morgan fingerprint density at radius 2 is 1.86 bits per heavy atom. The number of hydrogen-bond acceptors (Lipinski definition) is 7. The van der Waals surface area contributed by atoms with E-state index in [1.54, 1.807) is 0 Å². The third-order valence-electron chi connectivity index (χ3n) is 6.06. The molecular formula is C21H25N7. The molecule has 5 rings (SSSR count). The monoisotopic (exact) mass is 375 g/mol. The third-order valence-corrected chi connectivity index (χ3v) is 6.06. The molecule has 0 bridgehead atoms. The average molecular weight is 375 g/mol. The molecule has 0 radical (unpaired) electrons. The molecule has 0 saturated carbocycles. The number of nitrogen functional groups attached to an aromatic ring is 1. The van der Waals surface area contributed by atoms with Gasteiger partial charge in [0.2, 0.25) is 5.95 Å². The number of piperazine rings is 1. The summed E-state index contributed by atoms with van der Waals surface area (Å²) in [5.41, 5.74) is 10.9. The van der Waals surface area contributed by atoms with E-state index in [0.29, 0.717) is 5.95 Å². The maximum absolute atomic E-state index is 6.18. The Balaban J connectivity index is 1.65. The van der Waals surface area contributed by atoms with Crippen LogP contribution in [-0.4, -0.2) is 46.1 Å². The molecule has 7 nitrogen and oxygen atoms in total. The summed E-state index contributed by atoms with van der Waals surface area (Å²) < 4.78 is 0. The molecule has 3 heterocycles. The summed E-state index contributed by atoms with van der Waals surface area (Å²) in [5.74, 6) is 1.35. The van der Waals surface area contributed by atoms with Gasteiger partial charge in [0, 0.05) is 31.7 Å². The van der Waals surface area contributed by atoms with Crippen molar-refractivity contribution in [2.24, 2.45) is 0 Å². The molecule has 28 heavy (non-hydrogen) atoms. The smallest absolute Gasteiger partial charge is 0.222 e. The molecule has 2 aliphatic rings. The Labute approximate surface area is 164 Å². The zero-order valence-electron chi connectivity index (χ0n) is 16.1. The molecule has 144 valence electrons. The zero-order chi connectivity index (χ0) is 19.1. The van der Waals surface area contributed by atoms with Gasteiger partial charge < -0.3 is 16.0 Å². The lowest BCUT2D eigenvalue weighted by atomic mass is 9.72. The lowest BCUT2D eigenvalue weighted by molar-refractivity contribution is 0.437. The Kier molecular flexibility index (Phi) is 4.12. The van der Waals surface area contributed by atoms with E-state index in [1.165, 1.54) is 5.56 Å². The first-order chi connectivity index (χ1) is 13.6. The molecule has 1 aromatic carbocycles. The normalized spacial score (nSPS) is 22.2. The standard InChI is InChI=1S/C21H25N7/c1-21(17-13-24-15-6-2-3-7-16(15)25-17)8-4-5-14-18(21)26-20(22)27-19(14)28-11-9-23-10-12-28/h2-3,6-7,13,23H,4-5,8-12H2,1H3,(H2,22,26,27). The molecular weight excluding hydrogens is 350 g/mol. The molecule has 7 heteroatoms. The van der Waals surface area contributed by atoms with E-state index in [0.717, 1.165) is 73.7 Å². The SMILES string of the molecule is CC1(c2cnc3ccccc3n2)CCCc2c(N3CCNCC3)nc(N)nc21. The van der Waals surface area contributed by atoms with Crippen LogP contribution < -0.4 is 16.0 Å². The van der Waals surface area contributed by atoms with Crippen LogP contribution in [0.1, 0.15) is 36.7 Å². The van der Waals surface area contributed by atoms with Crippen molar-refractivity contribution in [3.63, 3.8) is 0 Å². The van der Waals surface area contributed by atoms with Gasteiger partial charge in [-0.3, -0.25) is 4.98 Å². The third kappa shape index (κ3) is 2.77. The Bertz CT molecular complexity index is 1030. The summed E-state index contributed by atoms with van der Waals surface area (Å²) in [4.78, 5) is 21.3. The van der Waals surface area contributed by atoms with Gasteiger partial charge in [-0.15, -0.1) is 0 Å². The number of benzene rings is 1. The highest BCUT2D eigenvalue weighted by Crippen LogP contribution is 2.43. The van der Waals surface area contributed by atoms with E-state index in [2.05, 4.69) is 27.1 Å². The first-order valence-corrected chi connectivity index (χ1v) is 10.00. The molecule has 3 aromatic rings.